The van der Waals surface area contributed by atoms with Gasteiger partial charge in [-0.05, 0) is 48.9 Å². The number of methoxy groups -OCH3 is 1. The quantitative estimate of drug-likeness (QED) is 0.460. The van der Waals surface area contributed by atoms with E-state index in [4.69, 9.17) is 4.74 Å². The lowest BCUT2D eigenvalue weighted by Gasteiger charge is -2.32. The number of aromatic nitrogens is 2. The SMILES string of the molecule is CO/C(=N\N=C\c1ccc(=O)n(C)n1)N1CCC(Cc2cccc(F)c2)CC1. The van der Waals surface area contributed by atoms with E-state index in [0.29, 0.717) is 17.6 Å². The largest absolute Gasteiger partial charge is 0.467 e. The first-order chi connectivity index (χ1) is 13.5. The van der Waals surface area contributed by atoms with Crippen LogP contribution in [0, 0.1) is 11.7 Å². The molecule has 0 aliphatic carbocycles. The van der Waals surface area contributed by atoms with Crippen LogP contribution in [0.1, 0.15) is 24.1 Å². The highest BCUT2D eigenvalue weighted by molar-refractivity contribution is 5.78. The van der Waals surface area contributed by atoms with Crippen LogP contribution >= 0.6 is 0 Å². The Morgan fingerprint density at radius 1 is 1.32 bits per heavy atom. The molecule has 0 saturated carbocycles. The first kappa shape index (κ1) is 19.7. The number of nitrogens with zero attached hydrogens (tertiary/aromatic N) is 5. The molecule has 1 fully saturated rings. The van der Waals surface area contributed by atoms with Crippen molar-refractivity contribution in [3.8, 4) is 0 Å². The Balaban J connectivity index is 1.56. The van der Waals surface area contributed by atoms with Gasteiger partial charge in [0.1, 0.15) is 11.5 Å². The number of piperidine rings is 1. The van der Waals surface area contributed by atoms with Crippen molar-refractivity contribution < 1.29 is 9.13 Å². The van der Waals surface area contributed by atoms with Gasteiger partial charge in [0.2, 0.25) is 0 Å². The van der Waals surface area contributed by atoms with E-state index in [-0.39, 0.29) is 11.4 Å². The predicted molar refractivity (Wildman–Crippen MR) is 106 cm³/mol. The van der Waals surface area contributed by atoms with Crippen LogP contribution in [0.2, 0.25) is 0 Å². The standard InChI is InChI=1S/C20H24FN5O2/c1-25-19(27)7-6-18(24-25)14-22-23-20(28-2)26-10-8-15(9-11-26)12-16-4-3-5-17(21)13-16/h3-7,13-15H,8-12H2,1-2H3/b22-14+,23-20-. The molecule has 3 rings (SSSR count). The summed E-state index contributed by atoms with van der Waals surface area (Å²) in [6, 6.07) is 10.3. The molecule has 8 heteroatoms. The summed E-state index contributed by atoms with van der Waals surface area (Å²) in [6.07, 6.45) is 4.31. The maximum atomic E-state index is 13.3. The Hall–Kier alpha value is -3.03. The number of hydrogen-bond donors (Lipinski definition) is 0. The molecule has 0 unspecified atom stereocenters. The van der Waals surface area contributed by atoms with E-state index in [2.05, 4.69) is 15.3 Å². The first-order valence-electron chi connectivity index (χ1n) is 9.24. The van der Waals surface area contributed by atoms with Gasteiger partial charge in [-0.2, -0.15) is 10.2 Å². The van der Waals surface area contributed by atoms with Crippen LogP contribution in [-0.4, -0.2) is 47.1 Å². The molecular formula is C20H24FN5O2. The van der Waals surface area contributed by atoms with Gasteiger partial charge in [-0.15, -0.1) is 0 Å². The van der Waals surface area contributed by atoms with Crippen LogP contribution in [0.25, 0.3) is 0 Å². The van der Waals surface area contributed by atoms with Crippen molar-refractivity contribution in [1.29, 1.82) is 0 Å². The molecule has 2 heterocycles. The molecule has 28 heavy (non-hydrogen) atoms. The van der Waals surface area contributed by atoms with Crippen molar-refractivity contribution in [3.05, 3.63) is 63.8 Å². The minimum atomic E-state index is -0.186. The molecule has 1 saturated heterocycles. The average Bonchev–Trinajstić information content (AvgIpc) is 2.69. The molecule has 7 nitrogen and oxygen atoms in total. The molecule has 148 valence electrons. The molecule has 2 aromatic rings. The smallest absolute Gasteiger partial charge is 0.311 e. The Morgan fingerprint density at radius 2 is 2.11 bits per heavy atom. The highest BCUT2D eigenvalue weighted by Gasteiger charge is 2.22. The van der Waals surface area contributed by atoms with E-state index in [0.717, 1.165) is 37.9 Å². The normalized spacial score (nSPS) is 16.0. The molecule has 0 radical (unpaired) electrons. The summed E-state index contributed by atoms with van der Waals surface area (Å²) < 4.78 is 20.0. The number of benzene rings is 1. The first-order valence-corrected chi connectivity index (χ1v) is 9.24. The zero-order chi connectivity index (χ0) is 19.9. The maximum Gasteiger partial charge on any atom is 0.311 e. The van der Waals surface area contributed by atoms with Crippen LogP contribution in [0.3, 0.4) is 0 Å². The molecule has 1 aliphatic rings. The van der Waals surface area contributed by atoms with Gasteiger partial charge in [-0.25, -0.2) is 9.07 Å². The van der Waals surface area contributed by atoms with Gasteiger partial charge >= 0.3 is 6.02 Å². The summed E-state index contributed by atoms with van der Waals surface area (Å²) in [5.41, 5.74) is 1.39. The Morgan fingerprint density at radius 3 is 2.79 bits per heavy atom. The molecule has 0 bridgehead atoms. The highest BCUT2D eigenvalue weighted by atomic mass is 19.1. The van der Waals surface area contributed by atoms with Crippen LogP contribution in [0.5, 0.6) is 0 Å². The molecular weight excluding hydrogens is 361 g/mol. The van der Waals surface area contributed by atoms with Crippen molar-refractivity contribution in [1.82, 2.24) is 14.7 Å². The Kier molecular flexibility index (Phi) is 6.52. The van der Waals surface area contributed by atoms with Gasteiger partial charge in [-0.3, -0.25) is 4.79 Å². The van der Waals surface area contributed by atoms with Crippen LogP contribution in [0.4, 0.5) is 4.39 Å². The number of halogens is 1. The van der Waals surface area contributed by atoms with Crippen LogP contribution in [-0.2, 0) is 18.2 Å². The van der Waals surface area contributed by atoms with Gasteiger partial charge in [0.05, 0.1) is 13.3 Å². The summed E-state index contributed by atoms with van der Waals surface area (Å²) in [6.45, 7) is 1.61. The second kappa shape index (κ2) is 9.25. The molecule has 1 aliphatic heterocycles. The lowest BCUT2D eigenvalue weighted by Crippen LogP contribution is -2.39. The third kappa shape index (κ3) is 5.25. The van der Waals surface area contributed by atoms with Gasteiger partial charge in [0, 0.05) is 26.2 Å². The predicted octanol–water partition coefficient (Wildman–Crippen LogP) is 2.21. The second-order valence-electron chi connectivity index (χ2n) is 6.82. The number of aryl methyl sites for hydroxylation is 1. The fourth-order valence-electron chi connectivity index (χ4n) is 3.29. The van der Waals surface area contributed by atoms with Gasteiger partial charge < -0.3 is 9.64 Å². The summed E-state index contributed by atoms with van der Waals surface area (Å²) in [5, 5.41) is 12.2. The van der Waals surface area contributed by atoms with E-state index in [9.17, 15) is 9.18 Å². The molecule has 0 spiro atoms. The van der Waals surface area contributed by atoms with E-state index in [1.807, 2.05) is 11.0 Å². The number of likely N-dealkylation sites (tertiary alicyclic amines) is 1. The van der Waals surface area contributed by atoms with Gasteiger partial charge in [-0.1, -0.05) is 17.2 Å². The van der Waals surface area contributed by atoms with Crippen LogP contribution < -0.4 is 5.56 Å². The molecule has 1 aromatic heterocycles. The zero-order valence-corrected chi connectivity index (χ0v) is 16.1. The number of ether oxygens (including phenoxy) is 1. The fraction of sp³-hybridized carbons (Fsp3) is 0.400. The van der Waals surface area contributed by atoms with E-state index in [1.54, 1.807) is 32.4 Å². The average molecular weight is 385 g/mol. The van der Waals surface area contributed by atoms with Gasteiger partial charge in [0.25, 0.3) is 5.56 Å². The minimum Gasteiger partial charge on any atom is -0.467 e. The monoisotopic (exact) mass is 385 g/mol. The zero-order valence-electron chi connectivity index (χ0n) is 16.1. The van der Waals surface area contributed by atoms with Crippen molar-refractivity contribution in [2.24, 2.45) is 23.2 Å². The number of rotatable bonds is 4. The highest BCUT2D eigenvalue weighted by Crippen LogP contribution is 2.22. The second-order valence-corrected chi connectivity index (χ2v) is 6.82. The lowest BCUT2D eigenvalue weighted by molar-refractivity contribution is 0.213. The third-order valence-electron chi connectivity index (χ3n) is 4.80. The minimum absolute atomic E-state index is 0.181. The molecule has 0 amide bonds. The van der Waals surface area contributed by atoms with Crippen molar-refractivity contribution in [2.45, 2.75) is 19.3 Å². The molecule has 0 atom stereocenters. The molecule has 1 aromatic carbocycles. The molecule has 0 N–H and O–H groups in total. The lowest BCUT2D eigenvalue weighted by atomic mass is 9.90. The van der Waals surface area contributed by atoms with E-state index >= 15 is 0 Å². The van der Waals surface area contributed by atoms with E-state index in [1.165, 1.54) is 23.0 Å². The summed E-state index contributed by atoms with van der Waals surface area (Å²) >= 11 is 0. The summed E-state index contributed by atoms with van der Waals surface area (Å²) in [5.74, 6) is 0.323. The number of amidine groups is 1. The number of hydrogen-bond acceptors (Lipinski definition) is 5. The van der Waals surface area contributed by atoms with Gasteiger partial charge in [0.15, 0.2) is 0 Å². The summed E-state index contributed by atoms with van der Waals surface area (Å²) in [7, 11) is 3.15. The van der Waals surface area contributed by atoms with Crippen molar-refractivity contribution in [2.75, 3.05) is 20.2 Å². The van der Waals surface area contributed by atoms with E-state index < -0.39 is 0 Å². The third-order valence-corrected chi connectivity index (χ3v) is 4.80. The maximum absolute atomic E-state index is 13.3. The summed E-state index contributed by atoms with van der Waals surface area (Å²) in [4.78, 5) is 13.4. The van der Waals surface area contributed by atoms with Crippen LogP contribution in [0.15, 0.2) is 51.4 Å². The van der Waals surface area contributed by atoms with Crippen molar-refractivity contribution >= 4 is 12.2 Å². The Labute approximate surface area is 163 Å². The topological polar surface area (TPSA) is 72.1 Å². The van der Waals surface area contributed by atoms with Crippen molar-refractivity contribution in [3.63, 3.8) is 0 Å². The Bertz CT molecular complexity index is 917. The fourth-order valence-corrected chi connectivity index (χ4v) is 3.29.